The summed E-state index contributed by atoms with van der Waals surface area (Å²) in [7, 11) is 0. The summed E-state index contributed by atoms with van der Waals surface area (Å²) in [5, 5.41) is 0. The SMILES string of the molecule is C=CCC1(COCC2(CC=C)CC=CO2)CC=CO1. The predicted octanol–water partition coefficient (Wildman–Crippen LogP) is 3.50. The molecule has 2 aliphatic rings. The van der Waals surface area contributed by atoms with Crippen LogP contribution in [0.5, 0.6) is 0 Å². The summed E-state index contributed by atoms with van der Waals surface area (Å²) in [5.74, 6) is 0. The van der Waals surface area contributed by atoms with Gasteiger partial charge in [-0.15, -0.1) is 13.2 Å². The number of ether oxygens (including phenoxy) is 3. The van der Waals surface area contributed by atoms with Crippen LogP contribution >= 0.6 is 0 Å². The Morgan fingerprint density at radius 3 is 1.74 bits per heavy atom. The van der Waals surface area contributed by atoms with E-state index < -0.39 is 0 Å². The third-order valence-corrected chi connectivity index (χ3v) is 3.57. The summed E-state index contributed by atoms with van der Waals surface area (Å²) < 4.78 is 17.3. The van der Waals surface area contributed by atoms with E-state index in [-0.39, 0.29) is 11.2 Å². The molecule has 0 bridgehead atoms. The van der Waals surface area contributed by atoms with Crippen LogP contribution in [0.4, 0.5) is 0 Å². The lowest BCUT2D eigenvalue weighted by molar-refractivity contribution is -0.0885. The van der Waals surface area contributed by atoms with E-state index in [1.165, 1.54) is 0 Å². The molecule has 2 unspecified atom stereocenters. The van der Waals surface area contributed by atoms with Crippen molar-refractivity contribution in [1.82, 2.24) is 0 Å². The molecule has 0 aromatic rings. The molecular weight excluding hydrogens is 240 g/mol. The lowest BCUT2D eigenvalue weighted by Crippen LogP contribution is -2.38. The van der Waals surface area contributed by atoms with Gasteiger partial charge in [-0.05, 0) is 12.2 Å². The Bertz CT molecular complexity index is 329. The molecule has 2 rings (SSSR count). The van der Waals surface area contributed by atoms with Gasteiger partial charge in [0.2, 0.25) is 0 Å². The summed E-state index contributed by atoms with van der Waals surface area (Å²) in [6, 6.07) is 0. The monoisotopic (exact) mass is 262 g/mol. The fourth-order valence-electron chi connectivity index (χ4n) is 2.52. The lowest BCUT2D eigenvalue weighted by atomic mass is 9.96. The van der Waals surface area contributed by atoms with E-state index in [0.717, 1.165) is 25.7 Å². The molecule has 0 saturated heterocycles. The Morgan fingerprint density at radius 1 is 0.947 bits per heavy atom. The van der Waals surface area contributed by atoms with Crippen molar-refractivity contribution < 1.29 is 14.2 Å². The first-order chi connectivity index (χ1) is 9.24. The highest BCUT2D eigenvalue weighted by atomic mass is 16.6. The van der Waals surface area contributed by atoms with Crippen molar-refractivity contribution >= 4 is 0 Å². The normalized spacial score (nSPS) is 32.0. The second kappa shape index (κ2) is 6.11. The molecule has 2 atom stereocenters. The molecule has 0 amide bonds. The Hall–Kier alpha value is -1.48. The molecular formula is C16H22O3. The quantitative estimate of drug-likeness (QED) is 0.627. The van der Waals surface area contributed by atoms with E-state index in [9.17, 15) is 0 Å². The number of rotatable bonds is 8. The first kappa shape index (κ1) is 13.9. The first-order valence-electron chi connectivity index (χ1n) is 6.69. The fraction of sp³-hybridized carbons (Fsp3) is 0.500. The highest BCUT2D eigenvalue weighted by Gasteiger charge is 2.36. The second-order valence-corrected chi connectivity index (χ2v) is 5.23. The van der Waals surface area contributed by atoms with Gasteiger partial charge in [-0.3, -0.25) is 0 Å². The van der Waals surface area contributed by atoms with E-state index in [1.807, 2.05) is 24.3 Å². The molecule has 2 heterocycles. The van der Waals surface area contributed by atoms with Gasteiger partial charge in [-0.1, -0.05) is 12.2 Å². The zero-order chi connectivity index (χ0) is 13.6. The Balaban J connectivity index is 1.84. The molecule has 104 valence electrons. The van der Waals surface area contributed by atoms with Gasteiger partial charge in [0.1, 0.15) is 11.2 Å². The molecule has 0 saturated carbocycles. The topological polar surface area (TPSA) is 27.7 Å². The molecule has 0 fully saturated rings. The summed E-state index contributed by atoms with van der Waals surface area (Å²) in [4.78, 5) is 0. The molecule has 2 aliphatic heterocycles. The lowest BCUT2D eigenvalue weighted by Gasteiger charge is -2.31. The highest BCUT2D eigenvalue weighted by molar-refractivity contribution is 5.03. The van der Waals surface area contributed by atoms with Crippen molar-refractivity contribution in [1.29, 1.82) is 0 Å². The van der Waals surface area contributed by atoms with E-state index in [0.29, 0.717) is 13.2 Å². The van der Waals surface area contributed by atoms with Crippen LogP contribution in [0, 0.1) is 0 Å². The minimum atomic E-state index is -0.275. The maximum Gasteiger partial charge on any atom is 0.138 e. The Labute approximate surface area is 115 Å². The van der Waals surface area contributed by atoms with E-state index >= 15 is 0 Å². The zero-order valence-corrected chi connectivity index (χ0v) is 11.3. The van der Waals surface area contributed by atoms with Crippen LogP contribution in [0.1, 0.15) is 25.7 Å². The molecule has 0 aliphatic carbocycles. The predicted molar refractivity (Wildman–Crippen MR) is 75.6 cm³/mol. The van der Waals surface area contributed by atoms with Crippen LogP contribution in [-0.2, 0) is 14.2 Å². The van der Waals surface area contributed by atoms with Crippen molar-refractivity contribution in [3.05, 3.63) is 50.0 Å². The average Bonchev–Trinajstić information content (AvgIpc) is 3.01. The van der Waals surface area contributed by atoms with Crippen LogP contribution in [0.2, 0.25) is 0 Å². The van der Waals surface area contributed by atoms with Gasteiger partial charge >= 0.3 is 0 Å². The van der Waals surface area contributed by atoms with Crippen molar-refractivity contribution in [2.75, 3.05) is 13.2 Å². The van der Waals surface area contributed by atoms with Gasteiger partial charge < -0.3 is 14.2 Å². The van der Waals surface area contributed by atoms with Crippen molar-refractivity contribution in [2.45, 2.75) is 36.9 Å². The van der Waals surface area contributed by atoms with E-state index in [4.69, 9.17) is 14.2 Å². The van der Waals surface area contributed by atoms with Crippen LogP contribution in [0.3, 0.4) is 0 Å². The molecule has 3 nitrogen and oxygen atoms in total. The van der Waals surface area contributed by atoms with Gasteiger partial charge in [-0.2, -0.15) is 0 Å². The smallest absolute Gasteiger partial charge is 0.138 e. The zero-order valence-electron chi connectivity index (χ0n) is 11.3. The van der Waals surface area contributed by atoms with Crippen LogP contribution in [-0.4, -0.2) is 24.4 Å². The third-order valence-electron chi connectivity index (χ3n) is 3.57. The second-order valence-electron chi connectivity index (χ2n) is 5.23. The third kappa shape index (κ3) is 3.29. The summed E-state index contributed by atoms with van der Waals surface area (Å²) in [6.45, 7) is 8.67. The minimum absolute atomic E-state index is 0.275. The molecule has 19 heavy (non-hydrogen) atoms. The molecule has 0 radical (unpaired) electrons. The standard InChI is InChI=1S/C16H22O3/c1-3-7-15(9-5-11-18-15)13-17-14-16(8-4-2)10-6-12-19-16/h3-6,11-12H,1-2,7-10,13-14H2. The number of hydrogen-bond donors (Lipinski definition) is 0. The molecule has 3 heteroatoms. The minimum Gasteiger partial charge on any atom is -0.492 e. The van der Waals surface area contributed by atoms with Crippen LogP contribution in [0.15, 0.2) is 50.0 Å². The van der Waals surface area contributed by atoms with Crippen LogP contribution < -0.4 is 0 Å². The van der Waals surface area contributed by atoms with Crippen molar-refractivity contribution in [2.24, 2.45) is 0 Å². The van der Waals surface area contributed by atoms with E-state index in [1.54, 1.807) is 12.5 Å². The maximum absolute atomic E-state index is 5.89. The molecule has 0 spiro atoms. The van der Waals surface area contributed by atoms with Crippen molar-refractivity contribution in [3.63, 3.8) is 0 Å². The maximum atomic E-state index is 5.89. The molecule has 0 aromatic heterocycles. The van der Waals surface area contributed by atoms with E-state index in [2.05, 4.69) is 13.2 Å². The molecule has 0 aromatic carbocycles. The van der Waals surface area contributed by atoms with Crippen molar-refractivity contribution in [3.8, 4) is 0 Å². The summed E-state index contributed by atoms with van der Waals surface area (Å²) >= 11 is 0. The van der Waals surface area contributed by atoms with Crippen LogP contribution in [0.25, 0.3) is 0 Å². The Morgan fingerprint density at radius 2 is 1.42 bits per heavy atom. The summed E-state index contributed by atoms with van der Waals surface area (Å²) in [6.07, 6.45) is 14.6. The average molecular weight is 262 g/mol. The summed E-state index contributed by atoms with van der Waals surface area (Å²) in [5.41, 5.74) is -0.549. The molecule has 0 N–H and O–H groups in total. The van der Waals surface area contributed by atoms with Gasteiger partial charge in [-0.25, -0.2) is 0 Å². The Kier molecular flexibility index (Phi) is 4.48. The van der Waals surface area contributed by atoms with Gasteiger partial charge in [0.25, 0.3) is 0 Å². The van der Waals surface area contributed by atoms with Gasteiger partial charge in [0.05, 0.1) is 25.7 Å². The number of hydrogen-bond acceptors (Lipinski definition) is 3. The van der Waals surface area contributed by atoms with Gasteiger partial charge in [0.15, 0.2) is 0 Å². The van der Waals surface area contributed by atoms with Gasteiger partial charge in [0, 0.05) is 25.7 Å². The first-order valence-corrected chi connectivity index (χ1v) is 6.69. The fourth-order valence-corrected chi connectivity index (χ4v) is 2.52. The largest absolute Gasteiger partial charge is 0.492 e. The highest BCUT2D eigenvalue weighted by Crippen LogP contribution is 2.31.